The molecular weight excluding hydrogens is 336 g/mol. The Labute approximate surface area is 152 Å². The van der Waals surface area contributed by atoms with Crippen LogP contribution >= 0.6 is 0 Å². The number of hydrogen-bond donors (Lipinski definition) is 2. The number of aryl methyl sites for hydroxylation is 2. The molecule has 8 heteroatoms. The fraction of sp³-hybridized carbons (Fsp3) is 0.444. The van der Waals surface area contributed by atoms with Crippen LogP contribution in [0.4, 0.5) is 10.5 Å². The van der Waals surface area contributed by atoms with Gasteiger partial charge in [-0.05, 0) is 26.0 Å². The average molecular weight is 360 g/mol. The number of carbonyl (C=O) groups excluding carboxylic acids is 1. The van der Waals surface area contributed by atoms with Crippen molar-refractivity contribution in [2.24, 2.45) is 0 Å². The van der Waals surface area contributed by atoms with E-state index in [2.05, 4.69) is 15.5 Å². The summed E-state index contributed by atoms with van der Waals surface area (Å²) in [5.74, 6) is 1.17. The summed E-state index contributed by atoms with van der Waals surface area (Å²) < 4.78 is 16.1. The molecule has 26 heavy (non-hydrogen) atoms. The van der Waals surface area contributed by atoms with Crippen molar-refractivity contribution in [1.29, 1.82) is 0 Å². The van der Waals surface area contributed by atoms with Crippen LogP contribution in [0.3, 0.4) is 0 Å². The van der Waals surface area contributed by atoms with E-state index < -0.39 is 0 Å². The first-order chi connectivity index (χ1) is 12.5. The highest BCUT2D eigenvalue weighted by Gasteiger charge is 2.32. The number of rotatable bonds is 4. The highest BCUT2D eigenvalue weighted by molar-refractivity contribution is 5.90. The van der Waals surface area contributed by atoms with Crippen LogP contribution in [-0.4, -0.2) is 55.1 Å². The zero-order valence-corrected chi connectivity index (χ0v) is 15.5. The summed E-state index contributed by atoms with van der Waals surface area (Å²) in [5, 5.41) is 10.2. The molecule has 2 amide bonds. The largest absolute Gasteiger partial charge is 0.493 e. The van der Waals surface area contributed by atoms with Gasteiger partial charge in [0.15, 0.2) is 11.5 Å². The van der Waals surface area contributed by atoms with E-state index in [1.807, 2.05) is 13.8 Å². The van der Waals surface area contributed by atoms with Gasteiger partial charge < -0.3 is 24.4 Å². The molecule has 1 fully saturated rings. The summed E-state index contributed by atoms with van der Waals surface area (Å²) in [6.07, 6.45) is 0. The van der Waals surface area contributed by atoms with E-state index in [0.717, 1.165) is 17.0 Å². The third-order valence-electron chi connectivity index (χ3n) is 4.54. The van der Waals surface area contributed by atoms with Gasteiger partial charge in [-0.25, -0.2) is 4.79 Å². The molecule has 2 heterocycles. The molecular formula is C18H24N4O4. The number of urea groups is 1. The van der Waals surface area contributed by atoms with Crippen molar-refractivity contribution < 1.29 is 19.0 Å². The normalized spacial score (nSPS) is 17.1. The molecule has 1 atom stereocenters. The van der Waals surface area contributed by atoms with Gasteiger partial charge in [-0.3, -0.25) is 5.10 Å². The van der Waals surface area contributed by atoms with Gasteiger partial charge in [0.2, 0.25) is 0 Å². The van der Waals surface area contributed by atoms with Gasteiger partial charge in [0, 0.05) is 29.6 Å². The highest BCUT2D eigenvalue weighted by atomic mass is 16.5. The quantitative estimate of drug-likeness (QED) is 0.875. The number of morpholine rings is 1. The van der Waals surface area contributed by atoms with Crippen molar-refractivity contribution in [1.82, 2.24) is 15.1 Å². The second kappa shape index (κ2) is 7.65. The van der Waals surface area contributed by atoms with Crippen LogP contribution < -0.4 is 14.8 Å². The van der Waals surface area contributed by atoms with Crippen molar-refractivity contribution >= 4 is 11.7 Å². The molecule has 1 aromatic carbocycles. The summed E-state index contributed by atoms with van der Waals surface area (Å²) in [7, 11) is 3.13. The number of H-pyrrole nitrogens is 1. The molecule has 0 aliphatic carbocycles. The third-order valence-corrected chi connectivity index (χ3v) is 4.54. The summed E-state index contributed by atoms with van der Waals surface area (Å²) in [6, 6.07) is 4.91. The number of benzene rings is 1. The van der Waals surface area contributed by atoms with E-state index in [1.54, 1.807) is 37.3 Å². The van der Waals surface area contributed by atoms with E-state index in [1.165, 1.54) is 0 Å². The van der Waals surface area contributed by atoms with Crippen molar-refractivity contribution in [3.8, 4) is 11.5 Å². The summed E-state index contributed by atoms with van der Waals surface area (Å²) >= 11 is 0. The van der Waals surface area contributed by atoms with Crippen molar-refractivity contribution in [3.05, 3.63) is 35.2 Å². The first-order valence-corrected chi connectivity index (χ1v) is 8.44. The molecule has 0 spiro atoms. The van der Waals surface area contributed by atoms with E-state index in [-0.39, 0.29) is 12.1 Å². The van der Waals surface area contributed by atoms with Crippen molar-refractivity contribution in [3.63, 3.8) is 0 Å². The molecule has 1 aliphatic heterocycles. The molecule has 140 valence electrons. The monoisotopic (exact) mass is 360 g/mol. The third kappa shape index (κ3) is 3.45. The Kier molecular flexibility index (Phi) is 5.32. The van der Waals surface area contributed by atoms with Crippen LogP contribution in [0.1, 0.15) is 23.0 Å². The molecule has 1 aliphatic rings. The number of nitrogens with zero attached hydrogens (tertiary/aromatic N) is 2. The minimum atomic E-state index is -0.189. The number of aromatic amines is 1. The van der Waals surface area contributed by atoms with Gasteiger partial charge in [0.05, 0.1) is 39.2 Å². The van der Waals surface area contributed by atoms with Crippen LogP contribution in [0.15, 0.2) is 18.2 Å². The first kappa shape index (κ1) is 18.1. The van der Waals surface area contributed by atoms with Gasteiger partial charge in [0.1, 0.15) is 0 Å². The summed E-state index contributed by atoms with van der Waals surface area (Å²) in [5.41, 5.74) is 3.47. The molecule has 2 N–H and O–H groups in total. The fourth-order valence-corrected chi connectivity index (χ4v) is 3.25. The zero-order valence-electron chi connectivity index (χ0n) is 15.5. The summed E-state index contributed by atoms with van der Waals surface area (Å²) in [4.78, 5) is 14.7. The fourth-order valence-electron chi connectivity index (χ4n) is 3.25. The lowest BCUT2D eigenvalue weighted by molar-refractivity contribution is 0.0143. The molecule has 2 aromatic rings. The predicted molar refractivity (Wildman–Crippen MR) is 96.9 cm³/mol. The van der Waals surface area contributed by atoms with E-state index in [0.29, 0.717) is 36.9 Å². The van der Waals surface area contributed by atoms with Gasteiger partial charge >= 0.3 is 6.03 Å². The lowest BCUT2D eigenvalue weighted by atomic mass is 10.0. The lowest BCUT2D eigenvalue weighted by Crippen LogP contribution is -2.45. The minimum absolute atomic E-state index is 0.178. The van der Waals surface area contributed by atoms with Crippen LogP contribution in [0.2, 0.25) is 0 Å². The summed E-state index contributed by atoms with van der Waals surface area (Å²) in [6.45, 7) is 5.34. The predicted octanol–water partition coefficient (Wildman–Crippen LogP) is 2.65. The van der Waals surface area contributed by atoms with Crippen LogP contribution in [0.5, 0.6) is 11.5 Å². The molecule has 1 aromatic heterocycles. The SMILES string of the molecule is COc1ccc(NC(=O)N2CCOCC2c2c(C)n[nH]c2C)cc1OC. The van der Waals surface area contributed by atoms with E-state index in [9.17, 15) is 4.79 Å². The Morgan fingerprint density at radius 3 is 2.73 bits per heavy atom. The smallest absolute Gasteiger partial charge is 0.322 e. The number of amides is 2. The molecule has 0 saturated carbocycles. The highest BCUT2D eigenvalue weighted by Crippen LogP contribution is 2.31. The lowest BCUT2D eigenvalue weighted by Gasteiger charge is -2.36. The number of aromatic nitrogens is 2. The Morgan fingerprint density at radius 1 is 1.31 bits per heavy atom. The molecule has 0 radical (unpaired) electrons. The van der Waals surface area contributed by atoms with Crippen LogP contribution in [0.25, 0.3) is 0 Å². The molecule has 8 nitrogen and oxygen atoms in total. The van der Waals surface area contributed by atoms with Crippen molar-refractivity contribution in [2.75, 3.05) is 39.3 Å². The van der Waals surface area contributed by atoms with Crippen LogP contribution in [0, 0.1) is 13.8 Å². The second-order valence-electron chi connectivity index (χ2n) is 6.13. The maximum atomic E-state index is 12.9. The number of nitrogens with one attached hydrogen (secondary N) is 2. The molecule has 0 bridgehead atoms. The van der Waals surface area contributed by atoms with Gasteiger partial charge in [-0.15, -0.1) is 0 Å². The number of methoxy groups -OCH3 is 2. The second-order valence-corrected chi connectivity index (χ2v) is 6.13. The number of anilines is 1. The molecule has 1 unspecified atom stereocenters. The van der Waals surface area contributed by atoms with E-state index in [4.69, 9.17) is 14.2 Å². The Morgan fingerprint density at radius 2 is 2.08 bits per heavy atom. The minimum Gasteiger partial charge on any atom is -0.493 e. The van der Waals surface area contributed by atoms with Gasteiger partial charge in [0.25, 0.3) is 0 Å². The standard InChI is InChI=1S/C18H24N4O4/c1-11-17(12(2)21-20-11)14-10-26-8-7-22(14)18(23)19-13-5-6-15(24-3)16(9-13)25-4/h5-6,9,14H,7-8,10H2,1-4H3,(H,19,23)(H,20,21). The average Bonchev–Trinajstić information content (AvgIpc) is 2.99. The Hall–Kier alpha value is -2.74. The van der Waals surface area contributed by atoms with Crippen LogP contribution in [-0.2, 0) is 4.74 Å². The molecule has 1 saturated heterocycles. The zero-order chi connectivity index (χ0) is 18.7. The van der Waals surface area contributed by atoms with E-state index >= 15 is 0 Å². The topological polar surface area (TPSA) is 88.7 Å². The molecule has 3 rings (SSSR count). The Balaban J connectivity index is 1.81. The maximum Gasteiger partial charge on any atom is 0.322 e. The number of ether oxygens (including phenoxy) is 3. The van der Waals surface area contributed by atoms with Gasteiger partial charge in [-0.1, -0.05) is 0 Å². The van der Waals surface area contributed by atoms with Crippen molar-refractivity contribution in [2.45, 2.75) is 19.9 Å². The Bertz CT molecular complexity index is 770. The number of hydrogen-bond acceptors (Lipinski definition) is 5. The number of carbonyl (C=O) groups is 1. The first-order valence-electron chi connectivity index (χ1n) is 8.44. The van der Waals surface area contributed by atoms with Gasteiger partial charge in [-0.2, -0.15) is 5.10 Å². The maximum absolute atomic E-state index is 12.9.